The monoisotopic (exact) mass is 327 g/mol. The summed E-state index contributed by atoms with van der Waals surface area (Å²) in [5.74, 6) is 0.935. The number of carbonyl (C=O) groups is 1. The van der Waals surface area contributed by atoms with Gasteiger partial charge in [-0.1, -0.05) is 12.1 Å². The first-order valence-corrected chi connectivity index (χ1v) is 7.50. The largest absolute Gasteiger partial charge is 0.497 e. The van der Waals surface area contributed by atoms with Crippen molar-refractivity contribution in [2.24, 2.45) is 5.73 Å². The number of benzene rings is 1. The maximum absolute atomic E-state index is 12.0. The van der Waals surface area contributed by atoms with Crippen molar-refractivity contribution in [1.29, 1.82) is 0 Å². The lowest BCUT2D eigenvalue weighted by Crippen LogP contribution is -2.43. The number of hydrogen-bond donors (Lipinski definition) is 1. The molecule has 1 aromatic carbocycles. The summed E-state index contributed by atoms with van der Waals surface area (Å²) in [5.41, 5.74) is 6.95. The van der Waals surface area contributed by atoms with Crippen LogP contribution in [0.3, 0.4) is 0 Å². The molecule has 2 rings (SSSR count). The fourth-order valence-electron chi connectivity index (χ4n) is 2.63. The van der Waals surface area contributed by atoms with E-state index in [0.29, 0.717) is 0 Å². The maximum atomic E-state index is 12.0. The molecule has 1 fully saturated rings. The van der Waals surface area contributed by atoms with E-state index in [2.05, 4.69) is 17.0 Å². The van der Waals surface area contributed by atoms with Crippen LogP contribution in [0.5, 0.6) is 5.75 Å². The number of ether oxygens (including phenoxy) is 1. The number of carbonyl (C=O) groups excluding carboxylic acids is 1. The van der Waals surface area contributed by atoms with Gasteiger partial charge in [0, 0.05) is 32.7 Å². The van der Waals surface area contributed by atoms with Crippen LogP contribution in [0.2, 0.25) is 0 Å². The highest BCUT2D eigenvalue weighted by atomic mass is 35.5. The van der Waals surface area contributed by atoms with E-state index < -0.39 is 6.04 Å². The fraction of sp³-hybridized carbons (Fsp3) is 0.562. The number of halogens is 1. The number of rotatable bonds is 4. The Morgan fingerprint density at radius 3 is 2.50 bits per heavy atom. The zero-order chi connectivity index (χ0) is 15.2. The molecule has 1 heterocycles. The van der Waals surface area contributed by atoms with Gasteiger partial charge in [-0.15, -0.1) is 12.4 Å². The molecule has 5 nitrogen and oxygen atoms in total. The summed E-state index contributed by atoms with van der Waals surface area (Å²) < 4.78 is 5.17. The van der Waals surface area contributed by atoms with Crippen molar-refractivity contribution in [2.75, 3.05) is 33.3 Å². The van der Waals surface area contributed by atoms with Gasteiger partial charge in [0.2, 0.25) is 5.91 Å². The number of hydrogen-bond acceptors (Lipinski definition) is 4. The van der Waals surface area contributed by atoms with Gasteiger partial charge in [-0.25, -0.2) is 0 Å². The van der Waals surface area contributed by atoms with Crippen LogP contribution >= 0.6 is 12.4 Å². The molecular weight excluding hydrogens is 302 g/mol. The quantitative estimate of drug-likeness (QED) is 0.910. The highest BCUT2D eigenvalue weighted by Crippen LogP contribution is 2.14. The van der Waals surface area contributed by atoms with Crippen LogP contribution in [0.1, 0.15) is 18.9 Å². The Hall–Kier alpha value is -1.30. The van der Waals surface area contributed by atoms with Crippen molar-refractivity contribution >= 4 is 18.3 Å². The predicted molar refractivity (Wildman–Crippen MR) is 90.4 cm³/mol. The van der Waals surface area contributed by atoms with Crippen LogP contribution in [0.4, 0.5) is 0 Å². The molecule has 1 unspecified atom stereocenters. The summed E-state index contributed by atoms with van der Waals surface area (Å²) in [5, 5.41) is 0. The number of nitrogens with zero attached hydrogens (tertiary/aromatic N) is 2. The predicted octanol–water partition coefficient (Wildman–Crippen LogP) is 1.50. The average Bonchev–Trinajstić information content (AvgIpc) is 2.73. The Bertz CT molecular complexity index is 465. The van der Waals surface area contributed by atoms with Crippen LogP contribution in [0, 0.1) is 0 Å². The highest BCUT2D eigenvalue weighted by molar-refractivity contribution is 5.85. The molecule has 1 amide bonds. The van der Waals surface area contributed by atoms with Crippen molar-refractivity contribution in [3.63, 3.8) is 0 Å². The molecular formula is C16H26ClN3O2. The van der Waals surface area contributed by atoms with Gasteiger partial charge < -0.3 is 15.4 Å². The summed E-state index contributed by atoms with van der Waals surface area (Å²) in [6.45, 7) is 6.13. The minimum absolute atomic E-state index is 0. The summed E-state index contributed by atoms with van der Waals surface area (Å²) in [6, 6.07) is 7.75. The zero-order valence-electron chi connectivity index (χ0n) is 13.3. The molecule has 0 radical (unpaired) electrons. The van der Waals surface area contributed by atoms with E-state index >= 15 is 0 Å². The topological polar surface area (TPSA) is 58.8 Å². The normalized spacial score (nSPS) is 17.3. The molecule has 1 atom stereocenters. The van der Waals surface area contributed by atoms with Crippen LogP contribution in [0.15, 0.2) is 24.3 Å². The minimum Gasteiger partial charge on any atom is -0.497 e. The first kappa shape index (κ1) is 18.7. The molecule has 0 saturated carbocycles. The third-order valence-corrected chi connectivity index (χ3v) is 3.85. The van der Waals surface area contributed by atoms with Gasteiger partial charge in [0.1, 0.15) is 5.75 Å². The third kappa shape index (κ3) is 5.16. The maximum Gasteiger partial charge on any atom is 0.239 e. The molecule has 1 saturated heterocycles. The second-order valence-corrected chi connectivity index (χ2v) is 5.59. The van der Waals surface area contributed by atoms with Crippen LogP contribution in [0.25, 0.3) is 0 Å². The minimum atomic E-state index is -0.405. The number of methoxy groups -OCH3 is 1. The second-order valence-electron chi connectivity index (χ2n) is 5.59. The van der Waals surface area contributed by atoms with E-state index in [1.807, 2.05) is 17.0 Å². The lowest BCUT2D eigenvalue weighted by atomic mass is 10.2. The first-order chi connectivity index (χ1) is 10.1. The molecule has 0 bridgehead atoms. The molecule has 0 aromatic heterocycles. The molecule has 2 N–H and O–H groups in total. The summed E-state index contributed by atoms with van der Waals surface area (Å²) in [4.78, 5) is 16.2. The average molecular weight is 328 g/mol. The van der Waals surface area contributed by atoms with E-state index in [9.17, 15) is 4.79 Å². The Balaban J connectivity index is 0.00000242. The van der Waals surface area contributed by atoms with Gasteiger partial charge in [-0.05, 0) is 31.0 Å². The van der Waals surface area contributed by atoms with Crippen LogP contribution in [-0.2, 0) is 11.3 Å². The Morgan fingerprint density at radius 2 is 1.91 bits per heavy atom. The second kappa shape index (κ2) is 8.98. The Kier molecular flexibility index (Phi) is 7.65. The molecule has 1 aliphatic rings. The molecule has 6 heteroatoms. The van der Waals surface area contributed by atoms with Gasteiger partial charge >= 0.3 is 0 Å². The lowest BCUT2D eigenvalue weighted by Gasteiger charge is -2.23. The number of amides is 1. The standard InChI is InChI=1S/C16H25N3O2.ClH/c1-13(17)16(20)19-9-3-8-18(10-11-19)12-14-4-6-15(21-2)7-5-14;/h4-7,13H,3,8-12,17H2,1-2H3;1H. The molecule has 1 aromatic rings. The molecule has 22 heavy (non-hydrogen) atoms. The molecule has 124 valence electrons. The smallest absolute Gasteiger partial charge is 0.239 e. The van der Waals surface area contributed by atoms with Gasteiger partial charge in [-0.3, -0.25) is 9.69 Å². The Labute approximate surface area is 138 Å². The first-order valence-electron chi connectivity index (χ1n) is 7.50. The van der Waals surface area contributed by atoms with Crippen molar-refractivity contribution in [3.8, 4) is 5.75 Å². The van der Waals surface area contributed by atoms with Gasteiger partial charge in [0.15, 0.2) is 0 Å². The van der Waals surface area contributed by atoms with E-state index in [1.54, 1.807) is 14.0 Å². The van der Waals surface area contributed by atoms with Crippen molar-refractivity contribution < 1.29 is 9.53 Å². The van der Waals surface area contributed by atoms with Crippen molar-refractivity contribution in [1.82, 2.24) is 9.80 Å². The molecule has 0 aliphatic carbocycles. The van der Waals surface area contributed by atoms with Crippen LogP contribution in [-0.4, -0.2) is 55.0 Å². The van der Waals surface area contributed by atoms with E-state index in [1.165, 1.54) is 5.56 Å². The van der Waals surface area contributed by atoms with Crippen molar-refractivity contribution in [3.05, 3.63) is 29.8 Å². The van der Waals surface area contributed by atoms with E-state index in [0.717, 1.165) is 44.9 Å². The van der Waals surface area contributed by atoms with E-state index in [4.69, 9.17) is 10.5 Å². The fourth-order valence-corrected chi connectivity index (χ4v) is 2.63. The molecule has 0 spiro atoms. The van der Waals surface area contributed by atoms with Gasteiger partial charge in [0.25, 0.3) is 0 Å². The summed E-state index contributed by atoms with van der Waals surface area (Å²) in [7, 11) is 1.67. The number of nitrogens with two attached hydrogens (primary N) is 1. The lowest BCUT2D eigenvalue weighted by molar-refractivity contribution is -0.132. The SMILES string of the molecule is COc1ccc(CN2CCCN(C(=O)C(C)N)CC2)cc1.Cl. The zero-order valence-corrected chi connectivity index (χ0v) is 14.1. The van der Waals surface area contributed by atoms with Crippen molar-refractivity contribution in [2.45, 2.75) is 25.9 Å². The van der Waals surface area contributed by atoms with E-state index in [-0.39, 0.29) is 18.3 Å². The summed E-state index contributed by atoms with van der Waals surface area (Å²) >= 11 is 0. The van der Waals surface area contributed by atoms with Gasteiger partial charge in [0.05, 0.1) is 13.2 Å². The van der Waals surface area contributed by atoms with Gasteiger partial charge in [-0.2, -0.15) is 0 Å². The highest BCUT2D eigenvalue weighted by Gasteiger charge is 2.21. The third-order valence-electron chi connectivity index (χ3n) is 3.85. The Morgan fingerprint density at radius 1 is 1.23 bits per heavy atom. The van der Waals surface area contributed by atoms with Crippen LogP contribution < -0.4 is 10.5 Å². The summed E-state index contributed by atoms with van der Waals surface area (Å²) in [6.07, 6.45) is 0.995. The molecule has 1 aliphatic heterocycles.